The molecule has 0 saturated carbocycles. The van der Waals surface area contributed by atoms with Crippen molar-refractivity contribution in [2.75, 3.05) is 11.6 Å². The molecule has 5 heteroatoms. The molecule has 106 valence electrons. The van der Waals surface area contributed by atoms with E-state index in [9.17, 15) is 9.65 Å². The number of hydrogen-bond acceptors (Lipinski definition) is 4. The molecule has 0 aliphatic heterocycles. The van der Waals surface area contributed by atoms with Crippen molar-refractivity contribution < 1.29 is 4.39 Å². The van der Waals surface area contributed by atoms with Crippen LogP contribution in [0.15, 0.2) is 47.6 Å². The van der Waals surface area contributed by atoms with Crippen LogP contribution in [0.2, 0.25) is 0 Å². The van der Waals surface area contributed by atoms with Gasteiger partial charge in [0.1, 0.15) is 17.5 Å². The molecule has 2 rings (SSSR count). The largest absolute Gasteiger partial charge is 0.349 e. The van der Waals surface area contributed by atoms with Gasteiger partial charge in [0, 0.05) is 11.9 Å². The molecule has 0 spiro atoms. The first-order valence-electron chi connectivity index (χ1n) is 6.28. The number of nitrogens with zero attached hydrogens (tertiary/aromatic N) is 2. The highest BCUT2D eigenvalue weighted by Gasteiger charge is 2.10. The molecule has 0 amide bonds. The van der Waals surface area contributed by atoms with Crippen molar-refractivity contribution in [1.29, 1.82) is 5.26 Å². The lowest BCUT2D eigenvalue weighted by atomic mass is 10.2. The maximum atomic E-state index is 13.6. The average Bonchev–Trinajstić information content (AvgIpc) is 2.51. The first-order chi connectivity index (χ1) is 10.2. The lowest BCUT2D eigenvalue weighted by molar-refractivity contribution is 0.619. The molecule has 0 aliphatic rings. The van der Waals surface area contributed by atoms with Crippen LogP contribution < -0.4 is 5.32 Å². The normalized spacial score (nSPS) is 11.5. The quantitative estimate of drug-likeness (QED) is 0.860. The van der Waals surface area contributed by atoms with E-state index in [4.69, 9.17) is 0 Å². The topological polar surface area (TPSA) is 48.7 Å². The van der Waals surface area contributed by atoms with Gasteiger partial charge in [-0.15, -0.1) is 11.8 Å². The van der Waals surface area contributed by atoms with Crippen molar-refractivity contribution in [3.8, 4) is 6.07 Å². The van der Waals surface area contributed by atoms with Gasteiger partial charge >= 0.3 is 0 Å². The first-order valence-corrected chi connectivity index (χ1v) is 7.51. The van der Waals surface area contributed by atoms with Crippen LogP contribution in [-0.4, -0.2) is 11.2 Å². The van der Waals surface area contributed by atoms with Crippen LogP contribution in [0.1, 0.15) is 11.3 Å². The van der Waals surface area contributed by atoms with Crippen molar-refractivity contribution in [2.45, 2.75) is 6.92 Å². The van der Waals surface area contributed by atoms with Gasteiger partial charge in [-0.05, 0) is 43.0 Å². The SMILES string of the molecule is CS/C(Nc1ccc(C)c(F)c1)=C(\C#N)c1ccccn1. The molecular formula is C16H14FN3S. The highest BCUT2D eigenvalue weighted by atomic mass is 32.2. The minimum Gasteiger partial charge on any atom is -0.349 e. The van der Waals surface area contributed by atoms with E-state index in [0.29, 0.717) is 27.5 Å². The molecular weight excluding hydrogens is 285 g/mol. The minimum absolute atomic E-state index is 0.281. The number of nitrogens with one attached hydrogen (secondary N) is 1. The molecule has 0 fully saturated rings. The first kappa shape index (κ1) is 15.1. The number of benzene rings is 1. The van der Waals surface area contributed by atoms with Gasteiger partial charge in [0.15, 0.2) is 0 Å². The van der Waals surface area contributed by atoms with E-state index in [1.807, 2.05) is 12.3 Å². The second-order valence-electron chi connectivity index (χ2n) is 4.32. The van der Waals surface area contributed by atoms with Crippen molar-refractivity contribution in [3.63, 3.8) is 0 Å². The molecule has 0 aliphatic carbocycles. The zero-order valence-electron chi connectivity index (χ0n) is 11.7. The number of hydrogen-bond donors (Lipinski definition) is 1. The van der Waals surface area contributed by atoms with Crippen LogP contribution >= 0.6 is 11.8 Å². The highest BCUT2D eigenvalue weighted by molar-refractivity contribution is 8.02. The fourth-order valence-electron chi connectivity index (χ4n) is 1.75. The zero-order valence-corrected chi connectivity index (χ0v) is 12.5. The van der Waals surface area contributed by atoms with Crippen molar-refractivity contribution in [2.24, 2.45) is 0 Å². The lowest BCUT2D eigenvalue weighted by Crippen LogP contribution is -2.01. The number of allylic oxidation sites excluding steroid dienone is 1. The molecule has 1 heterocycles. The highest BCUT2D eigenvalue weighted by Crippen LogP contribution is 2.26. The maximum Gasteiger partial charge on any atom is 0.128 e. The van der Waals surface area contributed by atoms with Gasteiger partial charge in [-0.2, -0.15) is 5.26 Å². The minimum atomic E-state index is -0.281. The summed E-state index contributed by atoms with van der Waals surface area (Å²) in [7, 11) is 0. The Bertz CT molecular complexity index is 705. The molecule has 3 nitrogen and oxygen atoms in total. The second kappa shape index (κ2) is 6.91. The summed E-state index contributed by atoms with van der Waals surface area (Å²) < 4.78 is 13.6. The number of anilines is 1. The van der Waals surface area contributed by atoms with Crippen LogP contribution in [0.3, 0.4) is 0 Å². The Morgan fingerprint density at radius 3 is 2.71 bits per heavy atom. The van der Waals surface area contributed by atoms with Crippen LogP contribution in [0, 0.1) is 24.1 Å². The fourth-order valence-corrected chi connectivity index (χ4v) is 2.33. The van der Waals surface area contributed by atoms with Crippen LogP contribution in [0.25, 0.3) is 5.57 Å². The second-order valence-corrected chi connectivity index (χ2v) is 5.14. The van der Waals surface area contributed by atoms with Gasteiger partial charge in [-0.1, -0.05) is 12.1 Å². The van der Waals surface area contributed by atoms with Crippen molar-refractivity contribution >= 4 is 23.0 Å². The predicted molar refractivity (Wildman–Crippen MR) is 85.0 cm³/mol. The van der Waals surface area contributed by atoms with Gasteiger partial charge in [0.05, 0.1) is 10.7 Å². The number of aryl methyl sites for hydroxylation is 1. The molecule has 1 aromatic carbocycles. The summed E-state index contributed by atoms with van der Waals surface area (Å²) in [6, 6.07) is 12.4. The molecule has 1 N–H and O–H groups in total. The summed E-state index contributed by atoms with van der Waals surface area (Å²) in [4.78, 5) is 4.18. The summed E-state index contributed by atoms with van der Waals surface area (Å²) in [6.07, 6.45) is 3.49. The number of rotatable bonds is 4. The van der Waals surface area contributed by atoms with E-state index in [2.05, 4.69) is 16.4 Å². The number of pyridine rings is 1. The Kier molecular flexibility index (Phi) is 4.96. The summed E-state index contributed by atoms with van der Waals surface area (Å²) in [5.41, 5.74) is 2.21. The van der Waals surface area contributed by atoms with Crippen molar-refractivity contribution in [1.82, 2.24) is 4.98 Å². The van der Waals surface area contributed by atoms with E-state index in [1.54, 1.807) is 37.4 Å². The van der Waals surface area contributed by atoms with Crippen molar-refractivity contribution in [3.05, 3.63) is 64.7 Å². The fraction of sp³-hybridized carbons (Fsp3) is 0.125. The van der Waals surface area contributed by atoms with E-state index in [-0.39, 0.29) is 5.82 Å². The third-order valence-corrected chi connectivity index (χ3v) is 3.61. The Morgan fingerprint density at radius 1 is 1.33 bits per heavy atom. The summed E-state index contributed by atoms with van der Waals surface area (Å²) in [5, 5.41) is 13.1. The Balaban J connectivity index is 2.39. The smallest absolute Gasteiger partial charge is 0.128 e. The standard InChI is InChI=1S/C16H14FN3S/c1-11-6-7-12(9-14(11)17)20-16(21-2)13(10-18)15-5-3-4-8-19-15/h3-9,20H,1-2H3/b16-13+. The maximum absolute atomic E-state index is 13.6. The molecule has 1 aromatic heterocycles. The molecule has 0 unspecified atom stereocenters. The van der Waals surface area contributed by atoms with Gasteiger partial charge in [0.2, 0.25) is 0 Å². The number of thioether (sulfide) groups is 1. The van der Waals surface area contributed by atoms with Gasteiger partial charge in [-0.3, -0.25) is 4.98 Å². The molecule has 0 bridgehead atoms. The van der Waals surface area contributed by atoms with Crippen LogP contribution in [0.4, 0.5) is 10.1 Å². The zero-order chi connectivity index (χ0) is 15.2. The Morgan fingerprint density at radius 2 is 2.14 bits per heavy atom. The van der Waals surface area contributed by atoms with E-state index >= 15 is 0 Å². The van der Waals surface area contributed by atoms with Crippen LogP contribution in [-0.2, 0) is 0 Å². The molecule has 0 saturated heterocycles. The van der Waals surface area contributed by atoms with Crippen LogP contribution in [0.5, 0.6) is 0 Å². The number of nitriles is 1. The summed E-state index contributed by atoms with van der Waals surface area (Å²) >= 11 is 1.39. The Labute approximate surface area is 127 Å². The van der Waals surface area contributed by atoms with E-state index in [0.717, 1.165) is 0 Å². The van der Waals surface area contributed by atoms with Gasteiger partial charge in [0.25, 0.3) is 0 Å². The molecule has 21 heavy (non-hydrogen) atoms. The Hall–Kier alpha value is -2.32. The lowest BCUT2D eigenvalue weighted by Gasteiger charge is -2.11. The monoisotopic (exact) mass is 299 g/mol. The summed E-state index contributed by atoms with van der Waals surface area (Å²) in [6.45, 7) is 1.71. The third-order valence-electron chi connectivity index (χ3n) is 2.89. The summed E-state index contributed by atoms with van der Waals surface area (Å²) in [5.74, 6) is -0.281. The molecule has 2 aromatic rings. The predicted octanol–water partition coefficient (Wildman–Crippen LogP) is 4.20. The number of halogens is 1. The number of aromatic nitrogens is 1. The third kappa shape index (κ3) is 3.61. The van der Waals surface area contributed by atoms with Gasteiger partial charge in [-0.25, -0.2) is 4.39 Å². The van der Waals surface area contributed by atoms with Gasteiger partial charge < -0.3 is 5.32 Å². The average molecular weight is 299 g/mol. The molecule has 0 radical (unpaired) electrons. The van der Waals surface area contributed by atoms with E-state index < -0.39 is 0 Å². The molecule has 0 atom stereocenters. The van der Waals surface area contributed by atoms with E-state index in [1.165, 1.54) is 17.8 Å².